The van der Waals surface area contributed by atoms with Gasteiger partial charge in [0, 0.05) is 30.9 Å². The molecule has 0 spiro atoms. The average Bonchev–Trinajstić information content (AvgIpc) is 3.01. The highest BCUT2D eigenvalue weighted by atomic mass is 19.1. The molecule has 1 N–H and O–H groups in total. The number of aromatic nitrogens is 4. The Morgan fingerprint density at radius 1 is 1.08 bits per heavy atom. The molecular weight excluding hydrogens is 307 g/mol. The summed E-state index contributed by atoms with van der Waals surface area (Å²) in [5, 5.41) is 11.2. The van der Waals surface area contributed by atoms with Crippen LogP contribution in [0.25, 0.3) is 16.7 Å². The van der Waals surface area contributed by atoms with Crippen molar-refractivity contribution in [2.75, 3.05) is 24.3 Å². The van der Waals surface area contributed by atoms with Crippen molar-refractivity contribution in [2.45, 2.75) is 0 Å². The Morgan fingerprint density at radius 2 is 1.88 bits per heavy atom. The Bertz CT molecular complexity index is 1030. The topological polar surface area (TPSA) is 58.3 Å². The van der Waals surface area contributed by atoms with Crippen LogP contribution in [0.1, 0.15) is 0 Å². The van der Waals surface area contributed by atoms with E-state index in [4.69, 9.17) is 0 Å². The van der Waals surface area contributed by atoms with Gasteiger partial charge in [-0.25, -0.2) is 4.40 Å². The van der Waals surface area contributed by atoms with Gasteiger partial charge < -0.3 is 10.2 Å². The van der Waals surface area contributed by atoms with Gasteiger partial charge >= 0.3 is 6.08 Å². The number of hydrogen-bond acceptors (Lipinski definition) is 5. The van der Waals surface area contributed by atoms with Crippen LogP contribution in [-0.4, -0.2) is 33.7 Å². The van der Waals surface area contributed by atoms with Crippen LogP contribution in [0.5, 0.6) is 0 Å². The smallest absolute Gasteiger partial charge is 0.315 e. The average molecular weight is 322 g/mol. The first-order valence-corrected chi connectivity index (χ1v) is 7.50. The summed E-state index contributed by atoms with van der Waals surface area (Å²) in [6, 6.07) is 15.6. The van der Waals surface area contributed by atoms with Gasteiger partial charge in [-0.3, -0.25) is 0 Å². The SMILES string of the molecule is CNc1ccc2c(N(C)c3ccccc3)nc3nnc(F)n3c2c1. The lowest BCUT2D eigenvalue weighted by atomic mass is 10.2. The number of nitrogens with one attached hydrogen (secondary N) is 1. The van der Waals surface area contributed by atoms with Gasteiger partial charge in [-0.1, -0.05) is 23.3 Å². The van der Waals surface area contributed by atoms with Crippen LogP contribution < -0.4 is 10.2 Å². The maximum Gasteiger partial charge on any atom is 0.315 e. The summed E-state index contributed by atoms with van der Waals surface area (Å²) in [6.07, 6.45) is -0.676. The molecule has 2 heterocycles. The predicted octanol–water partition coefficient (Wildman–Crippen LogP) is 3.23. The van der Waals surface area contributed by atoms with Gasteiger partial charge in [-0.05, 0) is 30.3 Å². The van der Waals surface area contributed by atoms with Crippen LogP contribution in [0.3, 0.4) is 0 Å². The van der Waals surface area contributed by atoms with E-state index in [1.807, 2.05) is 67.5 Å². The highest BCUT2D eigenvalue weighted by molar-refractivity contribution is 5.95. The number of para-hydroxylation sites is 1. The number of hydrogen-bond donors (Lipinski definition) is 1. The van der Waals surface area contributed by atoms with E-state index in [0.717, 1.165) is 16.8 Å². The summed E-state index contributed by atoms with van der Waals surface area (Å²) in [6.45, 7) is 0. The van der Waals surface area contributed by atoms with E-state index < -0.39 is 6.08 Å². The third kappa shape index (κ3) is 2.13. The Hall–Kier alpha value is -3.22. The summed E-state index contributed by atoms with van der Waals surface area (Å²) >= 11 is 0. The number of fused-ring (bicyclic) bond motifs is 3. The van der Waals surface area contributed by atoms with E-state index in [9.17, 15) is 4.39 Å². The van der Waals surface area contributed by atoms with Gasteiger partial charge in [-0.2, -0.15) is 9.37 Å². The molecule has 0 amide bonds. The van der Waals surface area contributed by atoms with Crippen molar-refractivity contribution in [3.05, 3.63) is 54.6 Å². The van der Waals surface area contributed by atoms with Gasteiger partial charge in [-0.15, -0.1) is 5.10 Å². The molecule has 0 saturated heterocycles. The van der Waals surface area contributed by atoms with Crippen molar-refractivity contribution < 1.29 is 4.39 Å². The summed E-state index contributed by atoms with van der Waals surface area (Å²) in [5.74, 6) is 0.921. The molecule has 0 atom stereocenters. The zero-order valence-corrected chi connectivity index (χ0v) is 13.2. The van der Waals surface area contributed by atoms with E-state index in [-0.39, 0.29) is 5.78 Å². The molecule has 0 radical (unpaired) electrons. The first-order valence-electron chi connectivity index (χ1n) is 7.50. The normalized spacial score (nSPS) is 11.1. The summed E-state index contributed by atoms with van der Waals surface area (Å²) in [5.41, 5.74) is 2.51. The largest absolute Gasteiger partial charge is 0.388 e. The van der Waals surface area contributed by atoms with Gasteiger partial charge in [0.25, 0.3) is 5.78 Å². The fraction of sp³-hybridized carbons (Fsp3) is 0.118. The van der Waals surface area contributed by atoms with Crippen LogP contribution in [0.15, 0.2) is 48.5 Å². The van der Waals surface area contributed by atoms with Crippen LogP contribution in [0.2, 0.25) is 0 Å². The van der Waals surface area contributed by atoms with E-state index >= 15 is 0 Å². The second-order valence-electron chi connectivity index (χ2n) is 5.42. The molecule has 0 aliphatic rings. The minimum Gasteiger partial charge on any atom is -0.388 e. The standard InChI is InChI=1S/C17H15FN6/c1-19-11-8-9-13-14(10-11)24-16(18)21-22-17(24)20-15(13)23(2)12-6-4-3-5-7-12/h3-10,19H,1-2H3. The van der Waals surface area contributed by atoms with Gasteiger partial charge in [0.1, 0.15) is 5.82 Å². The molecule has 4 aromatic rings. The van der Waals surface area contributed by atoms with Crippen LogP contribution in [0.4, 0.5) is 21.6 Å². The summed E-state index contributed by atoms with van der Waals surface area (Å²) < 4.78 is 15.4. The van der Waals surface area contributed by atoms with Crippen LogP contribution in [-0.2, 0) is 0 Å². The van der Waals surface area contributed by atoms with Crippen LogP contribution in [0, 0.1) is 6.08 Å². The first-order chi connectivity index (χ1) is 11.7. The molecule has 2 aromatic heterocycles. The lowest BCUT2D eigenvalue weighted by Crippen LogP contribution is -2.13. The van der Waals surface area contributed by atoms with Crippen molar-refractivity contribution in [3.8, 4) is 0 Å². The van der Waals surface area contributed by atoms with E-state index in [0.29, 0.717) is 11.3 Å². The molecule has 0 fully saturated rings. The molecule has 6 nitrogen and oxygen atoms in total. The Kier molecular flexibility index (Phi) is 3.26. The molecule has 0 unspecified atom stereocenters. The molecule has 24 heavy (non-hydrogen) atoms. The number of halogens is 1. The maximum absolute atomic E-state index is 14.1. The Balaban J connectivity index is 2.04. The highest BCUT2D eigenvalue weighted by Gasteiger charge is 2.17. The Labute approximate surface area is 137 Å². The quantitative estimate of drug-likeness (QED) is 0.627. The molecule has 2 aromatic carbocycles. The van der Waals surface area contributed by atoms with E-state index in [2.05, 4.69) is 20.5 Å². The van der Waals surface area contributed by atoms with Crippen molar-refractivity contribution in [2.24, 2.45) is 0 Å². The molecular formula is C17H15FN6. The molecule has 4 rings (SSSR count). The second kappa shape index (κ2) is 5.45. The summed E-state index contributed by atoms with van der Waals surface area (Å²) in [7, 11) is 3.74. The molecule has 0 saturated carbocycles. The summed E-state index contributed by atoms with van der Waals surface area (Å²) in [4.78, 5) is 6.46. The lowest BCUT2D eigenvalue weighted by molar-refractivity contribution is 0.532. The van der Waals surface area contributed by atoms with Gasteiger partial charge in [0.05, 0.1) is 5.52 Å². The van der Waals surface area contributed by atoms with Gasteiger partial charge in [0.2, 0.25) is 0 Å². The minimum atomic E-state index is -0.676. The predicted molar refractivity (Wildman–Crippen MR) is 92.3 cm³/mol. The number of benzene rings is 2. The van der Waals surface area contributed by atoms with Crippen molar-refractivity contribution >= 4 is 33.9 Å². The molecule has 0 bridgehead atoms. The molecule has 0 aliphatic heterocycles. The first kappa shape index (κ1) is 14.4. The lowest BCUT2D eigenvalue weighted by Gasteiger charge is -2.20. The molecule has 0 aliphatic carbocycles. The van der Waals surface area contributed by atoms with Crippen molar-refractivity contribution in [3.63, 3.8) is 0 Å². The fourth-order valence-electron chi connectivity index (χ4n) is 2.78. The Morgan fingerprint density at radius 3 is 2.62 bits per heavy atom. The number of nitrogens with zero attached hydrogens (tertiary/aromatic N) is 5. The molecule has 120 valence electrons. The second-order valence-corrected chi connectivity index (χ2v) is 5.42. The monoisotopic (exact) mass is 322 g/mol. The van der Waals surface area contributed by atoms with Crippen molar-refractivity contribution in [1.82, 2.24) is 19.6 Å². The number of rotatable bonds is 3. The third-order valence-electron chi connectivity index (χ3n) is 4.04. The number of anilines is 3. The minimum absolute atomic E-state index is 0.228. The fourth-order valence-corrected chi connectivity index (χ4v) is 2.78. The van der Waals surface area contributed by atoms with Crippen molar-refractivity contribution in [1.29, 1.82) is 0 Å². The third-order valence-corrected chi connectivity index (χ3v) is 4.04. The van der Waals surface area contributed by atoms with E-state index in [1.54, 1.807) is 0 Å². The van der Waals surface area contributed by atoms with Crippen LogP contribution >= 0.6 is 0 Å². The zero-order chi connectivity index (χ0) is 16.7. The van der Waals surface area contributed by atoms with E-state index in [1.165, 1.54) is 4.40 Å². The highest BCUT2D eigenvalue weighted by Crippen LogP contribution is 2.31. The maximum atomic E-state index is 14.1. The van der Waals surface area contributed by atoms with Gasteiger partial charge in [0.15, 0.2) is 0 Å². The molecule has 7 heteroatoms. The zero-order valence-electron chi connectivity index (χ0n) is 13.2.